The van der Waals surface area contributed by atoms with Gasteiger partial charge in [-0.2, -0.15) is 0 Å². The number of aromatic nitrogens is 1. The van der Waals surface area contributed by atoms with Crippen molar-refractivity contribution in [1.29, 1.82) is 0 Å². The first-order chi connectivity index (χ1) is 10.3. The Kier molecular flexibility index (Phi) is 4.93. The van der Waals surface area contributed by atoms with Gasteiger partial charge in [0.05, 0.1) is 12.2 Å². The zero-order valence-corrected chi connectivity index (χ0v) is 13.3. The molecule has 0 aromatic carbocycles. The van der Waals surface area contributed by atoms with E-state index in [1.807, 2.05) is 0 Å². The molecule has 0 aliphatic carbocycles. The van der Waals surface area contributed by atoms with Gasteiger partial charge in [-0.25, -0.2) is 0 Å². The highest BCUT2D eigenvalue weighted by molar-refractivity contribution is 5.06. The molecule has 2 atom stereocenters. The van der Waals surface area contributed by atoms with Gasteiger partial charge in [0.2, 0.25) is 0 Å². The average Bonchev–Trinajstić information content (AvgIpc) is 3.09. The smallest absolute Gasteiger partial charge is 0.151 e. The van der Waals surface area contributed by atoms with Crippen molar-refractivity contribution < 1.29 is 4.52 Å². The van der Waals surface area contributed by atoms with Crippen LogP contribution in [-0.4, -0.2) is 53.2 Å². The first-order valence-electron chi connectivity index (χ1n) is 8.39. The van der Waals surface area contributed by atoms with Crippen molar-refractivity contribution in [3.63, 3.8) is 0 Å². The molecule has 2 saturated heterocycles. The van der Waals surface area contributed by atoms with E-state index in [0.29, 0.717) is 6.04 Å². The second-order valence-electron chi connectivity index (χ2n) is 6.53. The van der Waals surface area contributed by atoms with Crippen LogP contribution in [-0.2, 0) is 13.1 Å². The van der Waals surface area contributed by atoms with Gasteiger partial charge < -0.3 is 9.84 Å². The lowest BCUT2D eigenvalue weighted by atomic mass is 10.1. The molecule has 2 aliphatic heterocycles. The molecule has 0 amide bonds. The van der Waals surface area contributed by atoms with Gasteiger partial charge >= 0.3 is 0 Å². The third-order valence-electron chi connectivity index (χ3n) is 4.77. The van der Waals surface area contributed by atoms with Crippen molar-refractivity contribution >= 4 is 0 Å². The molecular weight excluding hydrogens is 264 g/mol. The normalized spacial score (nSPS) is 27.1. The predicted molar refractivity (Wildman–Crippen MR) is 83.0 cm³/mol. The summed E-state index contributed by atoms with van der Waals surface area (Å²) in [6.45, 7) is 10.9. The number of hydrogen-bond acceptors (Lipinski definition) is 5. The van der Waals surface area contributed by atoms with E-state index >= 15 is 0 Å². The maximum atomic E-state index is 5.51. The lowest BCUT2D eigenvalue weighted by Gasteiger charge is -2.41. The highest BCUT2D eigenvalue weighted by Gasteiger charge is 2.34. The van der Waals surface area contributed by atoms with Gasteiger partial charge in [-0.15, -0.1) is 0 Å². The third kappa shape index (κ3) is 3.65. The van der Waals surface area contributed by atoms with E-state index in [9.17, 15) is 0 Å². The molecule has 3 heterocycles. The maximum Gasteiger partial charge on any atom is 0.151 e. The van der Waals surface area contributed by atoms with E-state index in [-0.39, 0.29) is 0 Å². The van der Waals surface area contributed by atoms with Crippen LogP contribution < -0.4 is 5.32 Å². The van der Waals surface area contributed by atoms with E-state index in [1.165, 1.54) is 32.5 Å². The first-order valence-corrected chi connectivity index (χ1v) is 8.39. The molecule has 5 nitrogen and oxygen atoms in total. The summed E-state index contributed by atoms with van der Waals surface area (Å²) in [5.41, 5.74) is 1.02. The second kappa shape index (κ2) is 6.90. The van der Waals surface area contributed by atoms with Crippen LogP contribution in [0.5, 0.6) is 0 Å². The molecule has 1 N–H and O–H groups in total. The fourth-order valence-corrected chi connectivity index (χ4v) is 3.58. The molecule has 0 saturated carbocycles. The van der Waals surface area contributed by atoms with Crippen LogP contribution in [0.15, 0.2) is 10.6 Å². The maximum absolute atomic E-state index is 5.51. The van der Waals surface area contributed by atoms with Gasteiger partial charge in [-0.05, 0) is 39.3 Å². The van der Waals surface area contributed by atoms with Gasteiger partial charge in [0, 0.05) is 37.8 Å². The quantitative estimate of drug-likeness (QED) is 0.811. The van der Waals surface area contributed by atoms with Gasteiger partial charge in [0.25, 0.3) is 0 Å². The molecule has 0 radical (unpaired) electrons. The highest BCUT2D eigenvalue weighted by Crippen LogP contribution is 2.25. The Morgan fingerprint density at radius 1 is 1.43 bits per heavy atom. The largest absolute Gasteiger partial charge is 0.360 e. The molecule has 1 aromatic heterocycles. The van der Waals surface area contributed by atoms with E-state index in [1.54, 1.807) is 0 Å². The Morgan fingerprint density at radius 3 is 3.19 bits per heavy atom. The monoisotopic (exact) mass is 292 g/mol. The van der Waals surface area contributed by atoms with Crippen molar-refractivity contribution in [3.05, 3.63) is 17.5 Å². The lowest BCUT2D eigenvalue weighted by Crippen LogP contribution is -2.54. The van der Waals surface area contributed by atoms with Crippen LogP contribution in [0.4, 0.5) is 0 Å². The standard InChI is InChI=1S/C16H28N4O/c1-3-6-17-9-14-8-16(21-18-14)12-20-11-15-5-4-7-19(15)10-13(20)2/h8,13,15,17H,3-7,9-12H2,1-2H3. The summed E-state index contributed by atoms with van der Waals surface area (Å²) in [4.78, 5) is 5.21. The Hall–Kier alpha value is -0.910. The molecule has 3 rings (SSSR count). The number of piperazine rings is 1. The molecule has 5 heteroatoms. The van der Waals surface area contributed by atoms with Gasteiger partial charge in [0.1, 0.15) is 0 Å². The molecule has 21 heavy (non-hydrogen) atoms. The zero-order chi connectivity index (χ0) is 14.7. The molecule has 1 aromatic rings. The summed E-state index contributed by atoms with van der Waals surface area (Å²) in [6.07, 6.45) is 3.86. The Bertz CT molecular complexity index is 447. The van der Waals surface area contributed by atoms with E-state index in [0.717, 1.165) is 43.6 Å². The number of hydrogen-bond donors (Lipinski definition) is 1. The molecule has 118 valence electrons. The third-order valence-corrected chi connectivity index (χ3v) is 4.77. The number of rotatable bonds is 6. The molecule has 2 fully saturated rings. The average molecular weight is 292 g/mol. The van der Waals surface area contributed by atoms with Crippen LogP contribution in [0.25, 0.3) is 0 Å². The fourth-order valence-electron chi connectivity index (χ4n) is 3.58. The number of nitrogens with one attached hydrogen (secondary N) is 1. The topological polar surface area (TPSA) is 44.5 Å². The molecule has 0 bridgehead atoms. The number of nitrogens with zero attached hydrogens (tertiary/aromatic N) is 3. The Morgan fingerprint density at radius 2 is 2.33 bits per heavy atom. The minimum absolute atomic E-state index is 0.603. The van der Waals surface area contributed by atoms with Crippen molar-refractivity contribution in [2.75, 3.05) is 26.2 Å². The second-order valence-corrected chi connectivity index (χ2v) is 6.53. The molecule has 2 aliphatic rings. The minimum atomic E-state index is 0.603. The van der Waals surface area contributed by atoms with Crippen LogP contribution in [0.1, 0.15) is 44.6 Å². The molecule has 2 unspecified atom stereocenters. The van der Waals surface area contributed by atoms with Crippen LogP contribution in [0, 0.1) is 0 Å². The van der Waals surface area contributed by atoms with E-state index in [4.69, 9.17) is 4.52 Å². The van der Waals surface area contributed by atoms with E-state index in [2.05, 4.69) is 40.2 Å². The summed E-state index contributed by atoms with van der Waals surface area (Å²) in [6, 6.07) is 3.47. The SMILES string of the molecule is CCCNCc1cc(CN2CC3CCCN3CC2C)on1. The van der Waals surface area contributed by atoms with Crippen LogP contribution in [0.3, 0.4) is 0 Å². The number of fused-ring (bicyclic) bond motifs is 1. The first kappa shape index (κ1) is 15.0. The summed E-state index contributed by atoms with van der Waals surface area (Å²) in [5.74, 6) is 1.00. The van der Waals surface area contributed by atoms with Gasteiger partial charge in [0.15, 0.2) is 5.76 Å². The predicted octanol–water partition coefficient (Wildman–Crippen LogP) is 1.84. The highest BCUT2D eigenvalue weighted by atomic mass is 16.5. The van der Waals surface area contributed by atoms with Crippen LogP contribution in [0.2, 0.25) is 0 Å². The van der Waals surface area contributed by atoms with Crippen molar-refractivity contribution in [2.24, 2.45) is 0 Å². The van der Waals surface area contributed by atoms with Gasteiger partial charge in [-0.1, -0.05) is 12.1 Å². The summed E-state index contributed by atoms with van der Waals surface area (Å²) in [5, 5.41) is 7.54. The van der Waals surface area contributed by atoms with E-state index < -0.39 is 0 Å². The van der Waals surface area contributed by atoms with Crippen molar-refractivity contribution in [3.8, 4) is 0 Å². The molecular formula is C16H28N4O. The zero-order valence-electron chi connectivity index (χ0n) is 13.3. The van der Waals surface area contributed by atoms with Crippen molar-refractivity contribution in [1.82, 2.24) is 20.3 Å². The van der Waals surface area contributed by atoms with Crippen LogP contribution >= 0.6 is 0 Å². The lowest BCUT2D eigenvalue weighted by molar-refractivity contribution is 0.0480. The summed E-state index contributed by atoms with van der Waals surface area (Å²) >= 11 is 0. The van der Waals surface area contributed by atoms with Gasteiger partial charge in [-0.3, -0.25) is 9.80 Å². The molecule has 0 spiro atoms. The fraction of sp³-hybridized carbons (Fsp3) is 0.812. The minimum Gasteiger partial charge on any atom is -0.360 e. The van der Waals surface area contributed by atoms with Crippen molar-refractivity contribution in [2.45, 2.75) is 58.3 Å². The summed E-state index contributed by atoms with van der Waals surface area (Å²) in [7, 11) is 0. The Balaban J connectivity index is 1.53. The summed E-state index contributed by atoms with van der Waals surface area (Å²) < 4.78 is 5.51. The Labute approximate surface area is 127 Å².